The van der Waals surface area contributed by atoms with Gasteiger partial charge in [-0.1, -0.05) is 7.92 Å². The Morgan fingerprint density at radius 3 is 1.19 bits per heavy atom. The first-order chi connectivity index (χ1) is 7.85. The van der Waals surface area contributed by atoms with Crippen molar-refractivity contribution >= 4 is 7.92 Å². The molecule has 0 aromatic heterocycles. The minimum absolute atomic E-state index is 0.0295. The van der Waals surface area contributed by atoms with Crippen LogP contribution >= 0.6 is 7.92 Å². The van der Waals surface area contributed by atoms with Crippen molar-refractivity contribution in [2.24, 2.45) is 0 Å². The van der Waals surface area contributed by atoms with Crippen LogP contribution in [0.15, 0.2) is 0 Å². The van der Waals surface area contributed by atoms with Crippen molar-refractivity contribution in [3.05, 3.63) is 0 Å². The van der Waals surface area contributed by atoms with Crippen LogP contribution in [0.1, 0.15) is 20.8 Å². The molecule has 0 atom stereocenters. The lowest BCUT2D eigenvalue weighted by molar-refractivity contribution is 0.157. The molecule has 0 heterocycles. The molecule has 0 saturated carbocycles. The summed E-state index contributed by atoms with van der Waals surface area (Å²) in [6.45, 7) is 11.3. The van der Waals surface area contributed by atoms with E-state index >= 15 is 0 Å². The Hall–Kier alpha value is 0.310. The first-order valence-corrected chi connectivity index (χ1v) is 8.20. The highest BCUT2D eigenvalue weighted by atomic mass is 31.1. The molecule has 0 unspecified atom stereocenters. The Balaban J connectivity index is 3.58. The average molecular weight is 250 g/mol. The van der Waals surface area contributed by atoms with Gasteiger partial charge in [0.1, 0.15) is 0 Å². The molecule has 0 radical (unpaired) electrons. The second-order valence-corrected chi connectivity index (χ2v) is 6.12. The van der Waals surface area contributed by atoms with E-state index in [0.717, 1.165) is 39.6 Å². The van der Waals surface area contributed by atoms with Crippen molar-refractivity contribution in [2.75, 3.05) is 58.1 Å². The first-order valence-electron chi connectivity index (χ1n) is 6.30. The summed E-state index contributed by atoms with van der Waals surface area (Å²) < 4.78 is 16.2. The Morgan fingerprint density at radius 2 is 0.938 bits per heavy atom. The third-order valence-corrected chi connectivity index (χ3v) is 4.71. The minimum Gasteiger partial charge on any atom is -0.381 e. The van der Waals surface area contributed by atoms with E-state index < -0.39 is 0 Å². The molecule has 0 bridgehead atoms. The third kappa shape index (κ3) is 10.8. The lowest BCUT2D eigenvalue weighted by atomic mass is 10.8. The molecule has 98 valence electrons. The van der Waals surface area contributed by atoms with E-state index in [9.17, 15) is 0 Å². The quantitative estimate of drug-likeness (QED) is 0.393. The van der Waals surface area contributed by atoms with Gasteiger partial charge in [0.2, 0.25) is 0 Å². The van der Waals surface area contributed by atoms with Crippen molar-refractivity contribution in [2.45, 2.75) is 20.8 Å². The van der Waals surface area contributed by atoms with Crippen LogP contribution in [0.3, 0.4) is 0 Å². The van der Waals surface area contributed by atoms with Gasteiger partial charge in [-0.2, -0.15) is 0 Å². The predicted molar refractivity (Wildman–Crippen MR) is 71.0 cm³/mol. The van der Waals surface area contributed by atoms with E-state index in [-0.39, 0.29) is 7.92 Å². The van der Waals surface area contributed by atoms with Gasteiger partial charge in [-0.15, -0.1) is 0 Å². The first kappa shape index (κ1) is 16.3. The van der Waals surface area contributed by atoms with Crippen LogP contribution in [-0.4, -0.2) is 58.1 Å². The lowest BCUT2D eigenvalue weighted by Crippen LogP contribution is -2.09. The van der Waals surface area contributed by atoms with Crippen LogP contribution in [0, 0.1) is 0 Å². The fraction of sp³-hybridized carbons (Fsp3) is 1.00. The van der Waals surface area contributed by atoms with Crippen molar-refractivity contribution in [1.29, 1.82) is 0 Å². The van der Waals surface area contributed by atoms with E-state index in [4.69, 9.17) is 14.2 Å². The molecule has 0 aliphatic heterocycles. The predicted octanol–water partition coefficient (Wildman–Crippen LogP) is 2.58. The van der Waals surface area contributed by atoms with Crippen LogP contribution in [-0.2, 0) is 14.2 Å². The summed E-state index contributed by atoms with van der Waals surface area (Å²) in [5, 5.41) is 0. The Bertz CT molecular complexity index is 110. The molecule has 0 N–H and O–H groups in total. The highest BCUT2D eigenvalue weighted by Gasteiger charge is 2.07. The fourth-order valence-electron chi connectivity index (χ4n) is 1.35. The number of hydrogen-bond donors (Lipinski definition) is 0. The second-order valence-electron chi connectivity index (χ2n) is 3.43. The number of hydrogen-bond acceptors (Lipinski definition) is 3. The van der Waals surface area contributed by atoms with E-state index in [0.29, 0.717) is 0 Å². The zero-order valence-corrected chi connectivity index (χ0v) is 11.9. The van der Waals surface area contributed by atoms with E-state index in [1.165, 1.54) is 18.5 Å². The van der Waals surface area contributed by atoms with Gasteiger partial charge >= 0.3 is 0 Å². The van der Waals surface area contributed by atoms with Crippen LogP contribution in [0.4, 0.5) is 0 Å². The second kappa shape index (κ2) is 13.4. The van der Waals surface area contributed by atoms with Crippen molar-refractivity contribution < 1.29 is 14.2 Å². The summed E-state index contributed by atoms with van der Waals surface area (Å²) in [5.41, 5.74) is 0. The van der Waals surface area contributed by atoms with Crippen LogP contribution in [0.25, 0.3) is 0 Å². The van der Waals surface area contributed by atoms with Gasteiger partial charge in [0, 0.05) is 19.8 Å². The molecule has 0 aromatic rings. The Morgan fingerprint density at radius 1 is 0.625 bits per heavy atom. The largest absolute Gasteiger partial charge is 0.381 e. The maximum atomic E-state index is 5.41. The monoisotopic (exact) mass is 250 g/mol. The molecule has 0 aliphatic rings. The van der Waals surface area contributed by atoms with E-state index in [2.05, 4.69) is 0 Å². The summed E-state index contributed by atoms with van der Waals surface area (Å²) >= 11 is 0. The molecule has 0 fully saturated rings. The van der Waals surface area contributed by atoms with Crippen LogP contribution in [0.5, 0.6) is 0 Å². The zero-order chi connectivity index (χ0) is 12.1. The number of ether oxygens (including phenoxy) is 3. The van der Waals surface area contributed by atoms with Gasteiger partial charge in [0.15, 0.2) is 0 Å². The Kier molecular flexibility index (Phi) is 13.6. The maximum Gasteiger partial charge on any atom is 0.0505 e. The van der Waals surface area contributed by atoms with Crippen LogP contribution < -0.4 is 0 Å². The van der Waals surface area contributed by atoms with Crippen molar-refractivity contribution in [1.82, 2.24) is 0 Å². The van der Waals surface area contributed by atoms with Gasteiger partial charge in [-0.3, -0.25) is 0 Å². The molecule has 16 heavy (non-hydrogen) atoms. The molecule has 3 nitrogen and oxygen atoms in total. The highest BCUT2D eigenvalue weighted by molar-refractivity contribution is 7.57. The SMILES string of the molecule is CCOCCP(CCOCC)CCOCC. The fourth-order valence-corrected chi connectivity index (χ4v) is 3.18. The van der Waals surface area contributed by atoms with Crippen molar-refractivity contribution in [3.8, 4) is 0 Å². The van der Waals surface area contributed by atoms with Gasteiger partial charge < -0.3 is 14.2 Å². The average Bonchev–Trinajstić information content (AvgIpc) is 2.29. The summed E-state index contributed by atoms with van der Waals surface area (Å²) in [7, 11) is 0.0295. The third-order valence-electron chi connectivity index (χ3n) is 2.27. The molecule has 0 aromatic carbocycles. The van der Waals surface area contributed by atoms with Crippen molar-refractivity contribution in [3.63, 3.8) is 0 Å². The standard InChI is InChI=1S/C12H27O3P/c1-4-13-7-10-16(11-8-14-5-2)12-9-15-6-3/h4-12H2,1-3H3. The smallest absolute Gasteiger partial charge is 0.0505 e. The summed E-state index contributed by atoms with van der Waals surface area (Å²) in [4.78, 5) is 0. The molecular formula is C12H27O3P. The molecular weight excluding hydrogens is 223 g/mol. The van der Waals surface area contributed by atoms with Gasteiger partial charge in [-0.05, 0) is 39.3 Å². The molecule has 4 heteroatoms. The highest BCUT2D eigenvalue weighted by Crippen LogP contribution is 2.34. The maximum absolute atomic E-state index is 5.41. The van der Waals surface area contributed by atoms with Gasteiger partial charge in [0.25, 0.3) is 0 Å². The summed E-state index contributed by atoms with van der Waals surface area (Å²) in [5.74, 6) is 0. The molecule has 0 amide bonds. The van der Waals surface area contributed by atoms with E-state index in [1.54, 1.807) is 0 Å². The van der Waals surface area contributed by atoms with Gasteiger partial charge in [0.05, 0.1) is 19.8 Å². The van der Waals surface area contributed by atoms with E-state index in [1.807, 2.05) is 20.8 Å². The van der Waals surface area contributed by atoms with Crippen LogP contribution in [0.2, 0.25) is 0 Å². The van der Waals surface area contributed by atoms with Gasteiger partial charge in [-0.25, -0.2) is 0 Å². The summed E-state index contributed by atoms with van der Waals surface area (Å²) in [6.07, 6.45) is 3.55. The molecule has 0 spiro atoms. The summed E-state index contributed by atoms with van der Waals surface area (Å²) in [6, 6.07) is 0. The number of rotatable bonds is 12. The molecule has 0 saturated heterocycles. The minimum atomic E-state index is 0.0295. The zero-order valence-electron chi connectivity index (χ0n) is 11.0. The normalized spacial score (nSPS) is 11.2. The molecule has 0 aliphatic carbocycles. The molecule has 0 rings (SSSR count). The lowest BCUT2D eigenvalue weighted by Gasteiger charge is -2.17. The Labute approximate surface area is 102 Å². The topological polar surface area (TPSA) is 27.7 Å².